The summed E-state index contributed by atoms with van der Waals surface area (Å²) in [7, 11) is 0. The number of hydrogen-bond donors (Lipinski definition) is 1. The molecule has 5 rings (SSSR count). The number of amides is 1. The van der Waals surface area contributed by atoms with Crippen molar-refractivity contribution in [1.82, 2.24) is 25.0 Å². The first-order valence-corrected chi connectivity index (χ1v) is 9.50. The minimum Gasteiger partial charge on any atom is -0.360 e. The number of hydrogen-bond acceptors (Lipinski definition) is 5. The van der Waals surface area contributed by atoms with Gasteiger partial charge in [0.25, 0.3) is 5.91 Å². The van der Waals surface area contributed by atoms with E-state index in [4.69, 9.17) is 4.52 Å². The number of nitrogens with zero attached hydrogens (tertiary/aromatic N) is 4. The van der Waals surface area contributed by atoms with Crippen LogP contribution in [-0.4, -0.2) is 44.0 Å². The minimum atomic E-state index is -0.0635. The predicted octanol–water partition coefficient (Wildman–Crippen LogP) is 3.85. The van der Waals surface area contributed by atoms with Crippen LogP contribution in [0.5, 0.6) is 0 Å². The second kappa shape index (κ2) is 7.01. The summed E-state index contributed by atoms with van der Waals surface area (Å²) < 4.78 is 5.35. The molecule has 1 amide bonds. The largest absolute Gasteiger partial charge is 0.360 e. The lowest BCUT2D eigenvalue weighted by molar-refractivity contribution is 0.0772. The first-order chi connectivity index (χ1) is 14.2. The molecule has 0 aliphatic carbocycles. The zero-order chi connectivity index (χ0) is 19.8. The van der Waals surface area contributed by atoms with E-state index in [1.165, 1.54) is 5.57 Å². The van der Waals surface area contributed by atoms with E-state index in [0.29, 0.717) is 30.1 Å². The highest BCUT2D eigenvalue weighted by atomic mass is 16.5. The number of carbonyl (C=O) groups excluding carboxylic acids is 1. The number of H-pyrrole nitrogens is 1. The zero-order valence-electron chi connectivity index (χ0n) is 15.9. The third-order valence-corrected chi connectivity index (χ3v) is 5.32. The van der Waals surface area contributed by atoms with Gasteiger partial charge in [0.2, 0.25) is 0 Å². The van der Waals surface area contributed by atoms with Crippen LogP contribution in [0.3, 0.4) is 0 Å². The van der Waals surface area contributed by atoms with E-state index < -0.39 is 0 Å². The highest BCUT2D eigenvalue weighted by Gasteiger charge is 2.27. The van der Waals surface area contributed by atoms with E-state index in [0.717, 1.165) is 28.6 Å². The third kappa shape index (κ3) is 3.00. The van der Waals surface area contributed by atoms with Crippen molar-refractivity contribution in [2.75, 3.05) is 13.1 Å². The Hall–Kier alpha value is -3.74. The molecule has 0 fully saturated rings. The molecule has 1 N–H and O–H groups in total. The van der Waals surface area contributed by atoms with Crippen LogP contribution >= 0.6 is 0 Å². The molecule has 1 aliphatic rings. The van der Waals surface area contributed by atoms with Gasteiger partial charge in [0.15, 0.2) is 0 Å². The quantitative estimate of drug-likeness (QED) is 0.579. The summed E-state index contributed by atoms with van der Waals surface area (Å²) in [6, 6.07) is 7.66. The van der Waals surface area contributed by atoms with Crippen molar-refractivity contribution in [1.29, 1.82) is 0 Å². The Morgan fingerprint density at radius 1 is 1.21 bits per heavy atom. The first kappa shape index (κ1) is 17.4. The zero-order valence-corrected chi connectivity index (χ0v) is 15.9. The second-order valence-corrected chi connectivity index (χ2v) is 7.03. The van der Waals surface area contributed by atoms with Crippen LogP contribution in [0.25, 0.3) is 27.9 Å². The van der Waals surface area contributed by atoms with Crippen molar-refractivity contribution >= 4 is 22.5 Å². The fourth-order valence-corrected chi connectivity index (χ4v) is 3.81. The molecule has 7 nitrogen and oxygen atoms in total. The average Bonchev–Trinajstić information content (AvgIpc) is 3.38. The van der Waals surface area contributed by atoms with Gasteiger partial charge in [-0.1, -0.05) is 11.2 Å². The molecule has 0 bridgehead atoms. The normalized spacial score (nSPS) is 14.2. The van der Waals surface area contributed by atoms with Gasteiger partial charge >= 0.3 is 0 Å². The van der Waals surface area contributed by atoms with Gasteiger partial charge in [0.05, 0.1) is 0 Å². The molecule has 7 heteroatoms. The maximum atomic E-state index is 13.2. The molecule has 0 saturated heterocycles. The number of aromatic nitrogens is 4. The molecule has 0 saturated carbocycles. The maximum Gasteiger partial charge on any atom is 0.260 e. The van der Waals surface area contributed by atoms with Crippen LogP contribution in [0, 0.1) is 6.92 Å². The molecule has 5 heterocycles. The van der Waals surface area contributed by atoms with Gasteiger partial charge in [-0.2, -0.15) is 0 Å². The molecular formula is C22H19N5O2. The van der Waals surface area contributed by atoms with E-state index in [1.54, 1.807) is 25.5 Å². The summed E-state index contributed by atoms with van der Waals surface area (Å²) in [5.41, 5.74) is 5.16. The molecule has 0 spiro atoms. The molecule has 29 heavy (non-hydrogen) atoms. The number of pyridine rings is 2. The number of rotatable bonds is 3. The van der Waals surface area contributed by atoms with Crippen molar-refractivity contribution in [3.05, 3.63) is 72.0 Å². The van der Waals surface area contributed by atoms with Gasteiger partial charge in [-0.15, -0.1) is 0 Å². The van der Waals surface area contributed by atoms with Crippen LogP contribution in [0.15, 0.2) is 59.7 Å². The Morgan fingerprint density at radius 3 is 2.86 bits per heavy atom. The smallest absolute Gasteiger partial charge is 0.260 e. The standard InChI is InChI=1S/C22H19N5O2/c1-14-19(20(26-29-14)16-4-9-23-10-5-16)22(28)27-11-6-15(7-12-27)18-13-25-21-17(18)3-2-8-24-21/h2-6,8-10,13H,7,11-12H2,1H3,(H,24,25). The van der Waals surface area contributed by atoms with Crippen LogP contribution < -0.4 is 0 Å². The molecule has 0 atom stereocenters. The Bertz CT molecular complexity index is 1220. The van der Waals surface area contributed by atoms with Crippen molar-refractivity contribution in [2.45, 2.75) is 13.3 Å². The highest BCUT2D eigenvalue weighted by Crippen LogP contribution is 2.30. The van der Waals surface area contributed by atoms with E-state index in [9.17, 15) is 4.79 Å². The predicted molar refractivity (Wildman–Crippen MR) is 109 cm³/mol. The lowest BCUT2D eigenvalue weighted by Gasteiger charge is -2.26. The van der Waals surface area contributed by atoms with E-state index in [2.05, 4.69) is 32.3 Å². The molecular weight excluding hydrogens is 366 g/mol. The Morgan fingerprint density at radius 2 is 2.07 bits per heavy atom. The van der Waals surface area contributed by atoms with Crippen molar-refractivity contribution in [3.8, 4) is 11.3 Å². The van der Waals surface area contributed by atoms with Crippen LogP contribution in [-0.2, 0) is 0 Å². The van der Waals surface area contributed by atoms with Gasteiger partial charge in [-0.3, -0.25) is 9.78 Å². The molecule has 0 unspecified atom stereocenters. The van der Waals surface area contributed by atoms with Gasteiger partial charge < -0.3 is 14.4 Å². The minimum absolute atomic E-state index is 0.0635. The third-order valence-electron chi connectivity index (χ3n) is 5.32. The van der Waals surface area contributed by atoms with Crippen LogP contribution in [0.4, 0.5) is 0 Å². The summed E-state index contributed by atoms with van der Waals surface area (Å²) in [6.07, 6.45) is 10.0. The molecule has 0 aromatic carbocycles. The lowest BCUT2D eigenvalue weighted by atomic mass is 9.98. The molecule has 4 aromatic heterocycles. The maximum absolute atomic E-state index is 13.2. The summed E-state index contributed by atoms with van der Waals surface area (Å²) in [5.74, 6) is 0.464. The lowest BCUT2D eigenvalue weighted by Crippen LogP contribution is -2.35. The molecule has 0 radical (unpaired) electrons. The SMILES string of the molecule is Cc1onc(-c2ccncc2)c1C(=O)N1CC=C(c2c[nH]c3ncccc23)CC1. The second-order valence-electron chi connectivity index (χ2n) is 7.03. The topological polar surface area (TPSA) is 87.9 Å². The fourth-order valence-electron chi connectivity index (χ4n) is 3.81. The number of aromatic amines is 1. The molecule has 4 aromatic rings. The van der Waals surface area contributed by atoms with Crippen molar-refractivity contribution in [3.63, 3.8) is 0 Å². The first-order valence-electron chi connectivity index (χ1n) is 9.50. The van der Waals surface area contributed by atoms with Crippen molar-refractivity contribution < 1.29 is 9.32 Å². The Kier molecular flexibility index (Phi) is 4.20. The van der Waals surface area contributed by atoms with Crippen LogP contribution in [0.2, 0.25) is 0 Å². The van der Waals surface area contributed by atoms with Gasteiger partial charge in [0, 0.05) is 54.4 Å². The average molecular weight is 385 g/mol. The Labute approximate surface area is 167 Å². The Balaban J connectivity index is 1.42. The summed E-state index contributed by atoms with van der Waals surface area (Å²) in [6.45, 7) is 2.95. The van der Waals surface area contributed by atoms with Gasteiger partial charge in [-0.05, 0) is 43.2 Å². The number of fused-ring (bicyclic) bond motifs is 1. The number of nitrogens with one attached hydrogen (secondary N) is 1. The monoisotopic (exact) mass is 385 g/mol. The van der Waals surface area contributed by atoms with E-state index >= 15 is 0 Å². The molecule has 144 valence electrons. The fraction of sp³-hybridized carbons (Fsp3) is 0.182. The van der Waals surface area contributed by atoms with E-state index in [1.807, 2.05) is 29.3 Å². The number of carbonyl (C=O) groups is 1. The highest BCUT2D eigenvalue weighted by molar-refractivity contribution is 6.01. The molecule has 1 aliphatic heterocycles. The van der Waals surface area contributed by atoms with Gasteiger partial charge in [0.1, 0.15) is 22.7 Å². The van der Waals surface area contributed by atoms with Gasteiger partial charge in [-0.25, -0.2) is 4.98 Å². The van der Waals surface area contributed by atoms with Crippen molar-refractivity contribution in [2.24, 2.45) is 0 Å². The summed E-state index contributed by atoms with van der Waals surface area (Å²) >= 11 is 0. The summed E-state index contributed by atoms with van der Waals surface area (Å²) in [5, 5.41) is 5.22. The van der Waals surface area contributed by atoms with E-state index in [-0.39, 0.29) is 5.91 Å². The van der Waals surface area contributed by atoms with Crippen LogP contribution in [0.1, 0.15) is 28.1 Å². The number of aryl methyl sites for hydroxylation is 1. The summed E-state index contributed by atoms with van der Waals surface area (Å²) in [4.78, 5) is 26.7.